The van der Waals surface area contributed by atoms with Crippen LogP contribution in [0.5, 0.6) is 0 Å². The van der Waals surface area contributed by atoms with Crippen LogP contribution in [-0.2, 0) is 6.54 Å². The van der Waals surface area contributed by atoms with Crippen molar-refractivity contribution in [3.63, 3.8) is 0 Å². The number of fused-ring (bicyclic) bond motifs is 1. The molecule has 0 saturated heterocycles. The number of anilines is 2. The zero-order valence-corrected chi connectivity index (χ0v) is 12.8. The van der Waals surface area contributed by atoms with Crippen LogP contribution in [0, 0.1) is 0 Å². The van der Waals surface area contributed by atoms with Gasteiger partial charge in [0.05, 0.1) is 0 Å². The van der Waals surface area contributed by atoms with E-state index in [2.05, 4.69) is 25.4 Å². The maximum Gasteiger partial charge on any atom is 0.259 e. The van der Waals surface area contributed by atoms with Gasteiger partial charge < -0.3 is 11.1 Å². The molecule has 0 fully saturated rings. The van der Waals surface area contributed by atoms with Gasteiger partial charge in [0.1, 0.15) is 0 Å². The second kappa shape index (κ2) is 5.96. The first-order valence-corrected chi connectivity index (χ1v) is 7.53. The van der Waals surface area contributed by atoms with Crippen LogP contribution in [0.4, 0.5) is 11.9 Å². The van der Waals surface area contributed by atoms with Gasteiger partial charge in [-0.25, -0.2) is 0 Å². The smallest absolute Gasteiger partial charge is 0.259 e. The van der Waals surface area contributed by atoms with Crippen LogP contribution in [0.25, 0.3) is 17.2 Å². The molecule has 4 rings (SSSR count). The number of hydrogen-bond acceptors (Lipinski definition) is 6. The van der Waals surface area contributed by atoms with Gasteiger partial charge in [0.25, 0.3) is 5.78 Å². The number of nitrogens with two attached hydrogens (primary N) is 1. The fourth-order valence-electron chi connectivity index (χ4n) is 2.40. The fraction of sp³-hybridized carbons (Fsp3) is 0.0588. The Kier molecular flexibility index (Phi) is 3.51. The van der Waals surface area contributed by atoms with Gasteiger partial charge in [0.15, 0.2) is 5.82 Å². The van der Waals surface area contributed by atoms with E-state index in [0.717, 1.165) is 11.1 Å². The summed E-state index contributed by atoms with van der Waals surface area (Å²) in [6.45, 7) is 0.604. The van der Waals surface area contributed by atoms with Crippen molar-refractivity contribution in [3.8, 4) is 11.4 Å². The molecule has 7 heteroatoms. The molecule has 2 aromatic carbocycles. The first-order valence-electron chi connectivity index (χ1n) is 7.53. The highest BCUT2D eigenvalue weighted by Crippen LogP contribution is 2.17. The lowest BCUT2D eigenvalue weighted by Crippen LogP contribution is -2.10. The number of nitrogen functional groups attached to an aromatic ring is 1. The third kappa shape index (κ3) is 2.74. The number of hydrogen-bond donors (Lipinski definition) is 2. The van der Waals surface area contributed by atoms with Crippen molar-refractivity contribution in [3.05, 3.63) is 66.2 Å². The van der Waals surface area contributed by atoms with Gasteiger partial charge >= 0.3 is 0 Å². The van der Waals surface area contributed by atoms with Gasteiger partial charge in [0, 0.05) is 12.1 Å². The van der Waals surface area contributed by atoms with E-state index < -0.39 is 0 Å². The van der Waals surface area contributed by atoms with Crippen molar-refractivity contribution in [2.75, 3.05) is 11.1 Å². The van der Waals surface area contributed by atoms with Crippen molar-refractivity contribution in [1.82, 2.24) is 24.6 Å². The molecule has 24 heavy (non-hydrogen) atoms. The predicted molar refractivity (Wildman–Crippen MR) is 92.2 cm³/mol. The third-order valence-corrected chi connectivity index (χ3v) is 3.55. The molecule has 0 saturated carbocycles. The van der Waals surface area contributed by atoms with Crippen LogP contribution in [0.2, 0.25) is 0 Å². The number of benzene rings is 2. The average molecular weight is 317 g/mol. The van der Waals surface area contributed by atoms with Gasteiger partial charge in [0.2, 0.25) is 11.9 Å². The van der Waals surface area contributed by atoms with Gasteiger partial charge in [-0.05, 0) is 5.56 Å². The summed E-state index contributed by atoms with van der Waals surface area (Å²) in [5, 5.41) is 7.74. The molecular formula is C17H15N7. The topological polar surface area (TPSA) is 94.0 Å². The summed E-state index contributed by atoms with van der Waals surface area (Å²) in [5.74, 6) is 1.66. The number of rotatable bonds is 4. The summed E-state index contributed by atoms with van der Waals surface area (Å²) >= 11 is 0. The Morgan fingerprint density at radius 1 is 0.875 bits per heavy atom. The van der Waals surface area contributed by atoms with Crippen LogP contribution in [0.3, 0.4) is 0 Å². The minimum absolute atomic E-state index is 0.157. The van der Waals surface area contributed by atoms with E-state index in [1.807, 2.05) is 60.7 Å². The van der Waals surface area contributed by atoms with E-state index in [4.69, 9.17) is 5.73 Å². The maximum atomic E-state index is 5.80. The Hall–Kier alpha value is -3.48. The molecule has 2 heterocycles. The summed E-state index contributed by atoms with van der Waals surface area (Å²) in [7, 11) is 0. The summed E-state index contributed by atoms with van der Waals surface area (Å²) < 4.78 is 1.57. The molecule has 0 aliphatic rings. The zero-order chi connectivity index (χ0) is 16.4. The molecule has 0 amide bonds. The molecule has 2 aromatic heterocycles. The standard InChI is InChI=1S/C17H15N7/c18-15-21-16(19-11-12-7-3-1-4-8-12)24-17(22-15)20-14(23-24)13-9-5-2-6-10-13/h1-10H,11H2,(H3,18,19,20,21,22,23). The molecule has 0 radical (unpaired) electrons. The molecule has 0 bridgehead atoms. The van der Waals surface area contributed by atoms with Crippen LogP contribution in [0.15, 0.2) is 60.7 Å². The highest BCUT2D eigenvalue weighted by Gasteiger charge is 2.12. The molecule has 4 aromatic rings. The van der Waals surface area contributed by atoms with Gasteiger partial charge in [-0.3, -0.25) is 0 Å². The van der Waals surface area contributed by atoms with E-state index in [-0.39, 0.29) is 5.95 Å². The summed E-state index contributed by atoms with van der Waals surface area (Å²) in [6, 6.07) is 19.7. The first kappa shape index (κ1) is 14.1. The molecule has 0 aliphatic heterocycles. The Morgan fingerprint density at radius 2 is 1.58 bits per heavy atom. The van der Waals surface area contributed by atoms with Crippen molar-refractivity contribution in [2.24, 2.45) is 0 Å². The molecule has 3 N–H and O–H groups in total. The van der Waals surface area contributed by atoms with E-state index in [1.165, 1.54) is 0 Å². The van der Waals surface area contributed by atoms with Crippen LogP contribution in [-0.4, -0.2) is 24.6 Å². The minimum atomic E-state index is 0.157. The Bertz CT molecular complexity index is 964. The molecule has 0 unspecified atom stereocenters. The van der Waals surface area contributed by atoms with Crippen molar-refractivity contribution >= 4 is 17.7 Å². The normalized spacial score (nSPS) is 10.8. The maximum absolute atomic E-state index is 5.80. The number of nitrogens with zero attached hydrogens (tertiary/aromatic N) is 5. The van der Waals surface area contributed by atoms with E-state index in [0.29, 0.717) is 24.1 Å². The summed E-state index contributed by atoms with van der Waals surface area (Å²) in [6.07, 6.45) is 0. The highest BCUT2D eigenvalue weighted by atomic mass is 15.4. The lowest BCUT2D eigenvalue weighted by atomic mass is 10.2. The molecular weight excluding hydrogens is 302 g/mol. The van der Waals surface area contributed by atoms with Crippen molar-refractivity contribution in [2.45, 2.75) is 6.54 Å². The Balaban J connectivity index is 1.71. The highest BCUT2D eigenvalue weighted by molar-refractivity contribution is 5.58. The largest absolute Gasteiger partial charge is 0.368 e. The molecule has 118 valence electrons. The lowest BCUT2D eigenvalue weighted by Gasteiger charge is -2.07. The van der Waals surface area contributed by atoms with E-state index in [1.54, 1.807) is 4.52 Å². The van der Waals surface area contributed by atoms with Crippen molar-refractivity contribution in [1.29, 1.82) is 0 Å². The third-order valence-electron chi connectivity index (χ3n) is 3.55. The molecule has 7 nitrogen and oxygen atoms in total. The second-order valence-electron chi connectivity index (χ2n) is 5.26. The lowest BCUT2D eigenvalue weighted by molar-refractivity contribution is 0.888. The summed E-state index contributed by atoms with van der Waals surface area (Å²) in [4.78, 5) is 12.8. The van der Waals surface area contributed by atoms with Gasteiger partial charge in [-0.2, -0.15) is 19.5 Å². The Morgan fingerprint density at radius 3 is 2.33 bits per heavy atom. The second-order valence-corrected chi connectivity index (χ2v) is 5.26. The van der Waals surface area contributed by atoms with E-state index in [9.17, 15) is 0 Å². The number of nitrogens with one attached hydrogen (secondary N) is 1. The van der Waals surface area contributed by atoms with E-state index >= 15 is 0 Å². The van der Waals surface area contributed by atoms with Crippen LogP contribution >= 0.6 is 0 Å². The van der Waals surface area contributed by atoms with Gasteiger partial charge in [-0.15, -0.1) is 5.10 Å². The average Bonchev–Trinajstić information content (AvgIpc) is 3.05. The molecule has 0 spiro atoms. The number of aromatic nitrogens is 5. The quantitative estimate of drug-likeness (QED) is 0.600. The minimum Gasteiger partial charge on any atom is -0.368 e. The SMILES string of the molecule is Nc1nc(NCc2ccccc2)n2nc(-c3ccccc3)nc2n1. The fourth-order valence-corrected chi connectivity index (χ4v) is 2.40. The monoisotopic (exact) mass is 317 g/mol. The predicted octanol–water partition coefficient (Wildman–Crippen LogP) is 2.38. The molecule has 0 atom stereocenters. The molecule has 0 aliphatic carbocycles. The van der Waals surface area contributed by atoms with Crippen molar-refractivity contribution < 1.29 is 0 Å². The Labute approximate surface area is 138 Å². The van der Waals surface area contributed by atoms with Gasteiger partial charge in [-0.1, -0.05) is 60.7 Å². The first-order chi connectivity index (χ1) is 11.8. The van der Waals surface area contributed by atoms with Crippen LogP contribution in [0.1, 0.15) is 5.56 Å². The summed E-state index contributed by atoms with van der Waals surface area (Å²) in [5.41, 5.74) is 7.84. The van der Waals surface area contributed by atoms with Crippen LogP contribution < -0.4 is 11.1 Å². The zero-order valence-electron chi connectivity index (χ0n) is 12.8.